The van der Waals surface area contributed by atoms with Gasteiger partial charge in [0, 0.05) is 22.4 Å². The van der Waals surface area contributed by atoms with Crippen LogP contribution in [-0.4, -0.2) is 11.8 Å². The van der Waals surface area contributed by atoms with Crippen LogP contribution in [-0.2, 0) is 14.3 Å². The van der Waals surface area contributed by atoms with Crippen molar-refractivity contribution >= 4 is 28.8 Å². The second kappa shape index (κ2) is 4.46. The first-order chi connectivity index (χ1) is 10.7. The van der Waals surface area contributed by atoms with E-state index in [0.717, 1.165) is 16.8 Å². The van der Waals surface area contributed by atoms with Crippen LogP contribution in [0.25, 0.3) is 11.3 Å². The molecule has 2 heterocycles. The molecule has 0 aromatic heterocycles. The van der Waals surface area contributed by atoms with Gasteiger partial charge in [-0.25, -0.2) is 0 Å². The van der Waals surface area contributed by atoms with Crippen LogP contribution in [0.5, 0.6) is 0 Å². The van der Waals surface area contributed by atoms with E-state index in [1.165, 1.54) is 0 Å². The molecule has 2 aromatic rings. The Hall–Kier alpha value is -3.08. The molecule has 0 saturated heterocycles. The van der Waals surface area contributed by atoms with Crippen molar-refractivity contribution < 1.29 is 14.3 Å². The van der Waals surface area contributed by atoms with Crippen molar-refractivity contribution in [1.29, 1.82) is 0 Å². The van der Waals surface area contributed by atoms with Gasteiger partial charge >= 0.3 is 0 Å². The van der Waals surface area contributed by atoms with E-state index in [4.69, 9.17) is 10.5 Å². The molecule has 5 nitrogen and oxygen atoms in total. The van der Waals surface area contributed by atoms with Gasteiger partial charge in [0.1, 0.15) is 5.76 Å². The number of para-hydroxylation sites is 1. The first-order valence-corrected chi connectivity index (χ1v) is 6.87. The summed E-state index contributed by atoms with van der Waals surface area (Å²) in [7, 11) is 0. The van der Waals surface area contributed by atoms with Crippen molar-refractivity contribution in [1.82, 2.24) is 0 Å². The molecule has 2 aromatic carbocycles. The van der Waals surface area contributed by atoms with Crippen LogP contribution in [0.4, 0.5) is 5.69 Å². The highest BCUT2D eigenvalue weighted by molar-refractivity contribution is 6.36. The average molecular weight is 292 g/mol. The van der Waals surface area contributed by atoms with Crippen molar-refractivity contribution in [2.75, 3.05) is 5.32 Å². The maximum Gasteiger partial charge on any atom is 0.263 e. The third kappa shape index (κ3) is 1.65. The van der Waals surface area contributed by atoms with E-state index in [1.807, 2.05) is 42.5 Å². The van der Waals surface area contributed by atoms with Gasteiger partial charge in [-0.1, -0.05) is 42.5 Å². The maximum atomic E-state index is 12.3. The molecule has 2 aliphatic rings. The van der Waals surface area contributed by atoms with Crippen LogP contribution < -0.4 is 11.1 Å². The Morgan fingerprint density at radius 1 is 1.05 bits per heavy atom. The fourth-order valence-electron chi connectivity index (χ4n) is 2.92. The molecule has 0 fully saturated rings. The number of hydrogen-bond acceptors (Lipinski definition) is 3. The van der Waals surface area contributed by atoms with Gasteiger partial charge in [0.05, 0.1) is 5.57 Å². The maximum absolute atomic E-state index is 12.3. The van der Waals surface area contributed by atoms with Gasteiger partial charge in [-0.3, -0.25) is 9.59 Å². The Bertz CT molecular complexity index is 854. The number of carbonyl (C=O) groups is 2. The number of benzene rings is 2. The lowest BCUT2D eigenvalue weighted by molar-refractivity contribution is -0.125. The largest absolute Gasteiger partial charge is 0.474 e. The minimum absolute atomic E-state index is 0.240. The third-order valence-corrected chi connectivity index (χ3v) is 3.88. The molecular weight excluding hydrogens is 280 g/mol. The number of ether oxygens (including phenoxy) is 1. The SMILES string of the molecule is NC(=O)C1OC(=C2C(=O)Nc3ccccc32)c2ccccc21. The molecular formula is C17H12N2O3. The predicted octanol–water partition coefficient (Wildman–Crippen LogP) is 2.06. The summed E-state index contributed by atoms with van der Waals surface area (Å²) in [6.07, 6.45) is -0.862. The minimum atomic E-state index is -0.862. The monoisotopic (exact) mass is 292 g/mol. The molecule has 108 valence electrons. The zero-order chi connectivity index (χ0) is 15.3. The summed E-state index contributed by atoms with van der Waals surface area (Å²) in [6.45, 7) is 0. The average Bonchev–Trinajstić information content (AvgIpc) is 3.04. The molecule has 4 rings (SSSR count). The van der Waals surface area contributed by atoms with E-state index < -0.39 is 12.0 Å². The zero-order valence-corrected chi connectivity index (χ0v) is 11.5. The second-order valence-electron chi connectivity index (χ2n) is 5.19. The molecule has 0 spiro atoms. The smallest absolute Gasteiger partial charge is 0.263 e. The Kier molecular flexibility index (Phi) is 2.56. The molecule has 0 saturated carbocycles. The lowest BCUT2D eigenvalue weighted by Crippen LogP contribution is -2.20. The standard InChI is InChI=1S/C17H12N2O3/c18-16(20)15-10-6-2-1-5-9(10)14(22-15)13-11-7-3-4-8-12(11)19-17(13)21/h1-8,15H,(H2,18,20)(H,19,21). The summed E-state index contributed by atoms with van der Waals surface area (Å²) in [5.41, 5.74) is 8.77. The number of hydrogen-bond donors (Lipinski definition) is 2. The summed E-state index contributed by atoms with van der Waals surface area (Å²) in [5.74, 6) is -0.410. The lowest BCUT2D eigenvalue weighted by atomic mass is 9.99. The molecule has 3 N–H and O–H groups in total. The van der Waals surface area contributed by atoms with Gasteiger partial charge in [0.15, 0.2) is 0 Å². The number of carbonyl (C=O) groups excluding carboxylic acids is 2. The van der Waals surface area contributed by atoms with Gasteiger partial charge in [-0.2, -0.15) is 0 Å². The first kappa shape index (κ1) is 12.6. The Morgan fingerprint density at radius 3 is 2.50 bits per heavy atom. The highest BCUT2D eigenvalue weighted by Gasteiger charge is 2.38. The van der Waals surface area contributed by atoms with Gasteiger partial charge in [-0.15, -0.1) is 0 Å². The first-order valence-electron chi connectivity index (χ1n) is 6.87. The Balaban J connectivity index is 1.98. The molecule has 5 heteroatoms. The van der Waals surface area contributed by atoms with Crippen molar-refractivity contribution in [2.24, 2.45) is 5.73 Å². The summed E-state index contributed by atoms with van der Waals surface area (Å²) in [6, 6.07) is 14.6. The van der Waals surface area contributed by atoms with Gasteiger partial charge < -0.3 is 15.8 Å². The fourth-order valence-corrected chi connectivity index (χ4v) is 2.92. The number of nitrogens with two attached hydrogens (primary N) is 1. The van der Waals surface area contributed by atoms with Crippen molar-refractivity contribution in [3.05, 3.63) is 65.2 Å². The van der Waals surface area contributed by atoms with Crippen LogP contribution >= 0.6 is 0 Å². The van der Waals surface area contributed by atoms with Crippen LogP contribution in [0.1, 0.15) is 22.8 Å². The summed E-state index contributed by atoms with van der Waals surface area (Å²) >= 11 is 0. The van der Waals surface area contributed by atoms with Crippen LogP contribution in [0.3, 0.4) is 0 Å². The topological polar surface area (TPSA) is 81.4 Å². The molecule has 2 amide bonds. The number of rotatable bonds is 1. The predicted molar refractivity (Wildman–Crippen MR) is 81.3 cm³/mol. The molecule has 0 aliphatic carbocycles. The molecule has 0 radical (unpaired) electrons. The zero-order valence-electron chi connectivity index (χ0n) is 11.5. The normalized spacial score (nSPS) is 21.8. The van der Waals surface area contributed by atoms with E-state index in [2.05, 4.69) is 5.32 Å². The van der Waals surface area contributed by atoms with Gasteiger partial charge in [0.2, 0.25) is 6.10 Å². The van der Waals surface area contributed by atoms with E-state index in [9.17, 15) is 9.59 Å². The van der Waals surface area contributed by atoms with Crippen molar-refractivity contribution in [2.45, 2.75) is 6.10 Å². The summed E-state index contributed by atoms with van der Waals surface area (Å²) in [4.78, 5) is 24.0. The number of anilines is 1. The van der Waals surface area contributed by atoms with Crippen molar-refractivity contribution in [3.8, 4) is 0 Å². The van der Waals surface area contributed by atoms with Crippen LogP contribution in [0, 0.1) is 0 Å². The van der Waals surface area contributed by atoms with E-state index in [0.29, 0.717) is 16.9 Å². The Labute approximate surface area is 126 Å². The van der Waals surface area contributed by atoms with Crippen LogP contribution in [0.15, 0.2) is 48.5 Å². The minimum Gasteiger partial charge on any atom is -0.474 e. The third-order valence-electron chi connectivity index (χ3n) is 3.88. The molecule has 22 heavy (non-hydrogen) atoms. The molecule has 1 atom stereocenters. The summed E-state index contributed by atoms with van der Waals surface area (Å²) in [5, 5.41) is 2.81. The second-order valence-corrected chi connectivity index (χ2v) is 5.19. The number of primary amides is 1. The number of nitrogens with one attached hydrogen (secondary N) is 1. The van der Waals surface area contributed by atoms with E-state index >= 15 is 0 Å². The van der Waals surface area contributed by atoms with E-state index in [-0.39, 0.29) is 5.91 Å². The quantitative estimate of drug-likeness (QED) is 0.789. The van der Waals surface area contributed by atoms with Gasteiger partial charge in [0.25, 0.3) is 11.8 Å². The fraction of sp³-hybridized carbons (Fsp3) is 0.0588. The molecule has 2 aliphatic heterocycles. The van der Waals surface area contributed by atoms with Crippen LogP contribution in [0.2, 0.25) is 0 Å². The highest BCUT2D eigenvalue weighted by atomic mass is 16.5. The van der Waals surface area contributed by atoms with Crippen molar-refractivity contribution in [3.63, 3.8) is 0 Å². The summed E-state index contributed by atoms with van der Waals surface area (Å²) < 4.78 is 5.75. The molecule has 0 bridgehead atoms. The Morgan fingerprint density at radius 2 is 1.73 bits per heavy atom. The van der Waals surface area contributed by atoms with Gasteiger partial charge in [-0.05, 0) is 6.07 Å². The van der Waals surface area contributed by atoms with E-state index in [1.54, 1.807) is 6.07 Å². The number of fused-ring (bicyclic) bond motifs is 2. The lowest BCUT2D eigenvalue weighted by Gasteiger charge is -2.08. The highest BCUT2D eigenvalue weighted by Crippen LogP contribution is 2.45. The molecule has 1 unspecified atom stereocenters. The number of amides is 2.